The Hall–Kier alpha value is -0.890. The maximum Gasteiger partial charge on any atom is 0.276 e. The number of ether oxygens (including phenoxy) is 1. The fraction of sp³-hybridized carbons (Fsp3) is 0.667. The van der Waals surface area contributed by atoms with E-state index >= 15 is 0 Å². The lowest BCUT2D eigenvalue weighted by molar-refractivity contribution is 0.0494. The first kappa shape index (κ1) is 14.5. The van der Waals surface area contributed by atoms with Crippen LogP contribution in [-0.4, -0.2) is 44.6 Å². The van der Waals surface area contributed by atoms with Gasteiger partial charge in [0.1, 0.15) is 12.4 Å². The Morgan fingerprint density at radius 3 is 2.84 bits per heavy atom. The summed E-state index contributed by atoms with van der Waals surface area (Å²) in [7, 11) is -2.09. The maximum absolute atomic E-state index is 12.2. The largest absolute Gasteiger partial charge is 0.446 e. The van der Waals surface area contributed by atoms with Crippen molar-refractivity contribution in [1.29, 1.82) is 0 Å². The molecule has 0 spiro atoms. The average Bonchev–Trinajstić information content (AvgIpc) is 2.89. The molecular formula is C12H19NO5S. The molecule has 108 valence electrons. The summed E-state index contributed by atoms with van der Waals surface area (Å²) in [5, 5.41) is 8.77. The standard InChI is InChI=1S/C12H19NO5S/c1-13(7-10-3-2-6-17-9-10)19(15,16)12-5-4-11(8-14)18-12/h4-5,10,14H,2-3,6-9H2,1H3. The molecule has 1 atom stereocenters. The minimum Gasteiger partial charge on any atom is -0.446 e. The Bertz CT molecular complexity index is 504. The maximum atomic E-state index is 12.2. The third-order valence-corrected chi connectivity index (χ3v) is 4.92. The van der Waals surface area contributed by atoms with Crippen LogP contribution in [0.5, 0.6) is 0 Å². The number of furan rings is 1. The van der Waals surface area contributed by atoms with Gasteiger partial charge in [-0.3, -0.25) is 0 Å². The van der Waals surface area contributed by atoms with Crippen molar-refractivity contribution in [2.24, 2.45) is 5.92 Å². The SMILES string of the molecule is CN(CC1CCCOC1)S(=O)(=O)c1ccc(CO)o1. The van der Waals surface area contributed by atoms with Gasteiger partial charge in [-0.2, -0.15) is 4.31 Å². The highest BCUT2D eigenvalue weighted by molar-refractivity contribution is 7.89. The highest BCUT2D eigenvalue weighted by atomic mass is 32.2. The smallest absolute Gasteiger partial charge is 0.276 e. The summed E-state index contributed by atoms with van der Waals surface area (Å²) in [6.45, 7) is 1.46. The van der Waals surface area contributed by atoms with E-state index in [-0.39, 0.29) is 23.4 Å². The highest BCUT2D eigenvalue weighted by Gasteiger charge is 2.27. The second-order valence-electron chi connectivity index (χ2n) is 4.75. The summed E-state index contributed by atoms with van der Waals surface area (Å²) in [6, 6.07) is 2.83. The molecule has 0 bridgehead atoms. The van der Waals surface area contributed by atoms with E-state index in [4.69, 9.17) is 14.3 Å². The van der Waals surface area contributed by atoms with Crippen molar-refractivity contribution in [3.05, 3.63) is 17.9 Å². The molecule has 1 aromatic heterocycles. The summed E-state index contributed by atoms with van der Waals surface area (Å²) in [5.74, 6) is 0.466. The number of hydrogen-bond donors (Lipinski definition) is 1. The Morgan fingerprint density at radius 2 is 2.26 bits per heavy atom. The lowest BCUT2D eigenvalue weighted by Crippen LogP contribution is -2.34. The van der Waals surface area contributed by atoms with E-state index in [1.807, 2.05) is 0 Å². The number of sulfonamides is 1. The van der Waals surface area contributed by atoms with Gasteiger partial charge in [-0.25, -0.2) is 8.42 Å². The predicted octanol–water partition coefficient (Wildman–Crippen LogP) is 0.819. The molecule has 1 aliphatic heterocycles. The summed E-state index contributed by atoms with van der Waals surface area (Å²) in [6.07, 6.45) is 1.94. The van der Waals surface area contributed by atoms with Crippen molar-refractivity contribution in [3.8, 4) is 0 Å². The Labute approximate surface area is 113 Å². The third kappa shape index (κ3) is 3.36. The van der Waals surface area contributed by atoms with Crippen molar-refractivity contribution >= 4 is 10.0 Å². The lowest BCUT2D eigenvalue weighted by Gasteiger charge is -2.26. The summed E-state index contributed by atoms with van der Waals surface area (Å²) < 4.78 is 36.2. The Kier molecular flexibility index (Phi) is 4.62. The summed E-state index contributed by atoms with van der Waals surface area (Å²) >= 11 is 0. The number of hydrogen-bond acceptors (Lipinski definition) is 5. The molecule has 1 aromatic rings. The number of rotatable bonds is 5. The molecule has 1 unspecified atom stereocenters. The topological polar surface area (TPSA) is 80.0 Å². The van der Waals surface area contributed by atoms with Crippen LogP contribution in [0.2, 0.25) is 0 Å². The number of aliphatic hydroxyl groups is 1. The quantitative estimate of drug-likeness (QED) is 0.868. The van der Waals surface area contributed by atoms with E-state index in [2.05, 4.69) is 0 Å². The normalized spacial score (nSPS) is 20.9. The van der Waals surface area contributed by atoms with Crippen LogP contribution >= 0.6 is 0 Å². The first-order valence-electron chi connectivity index (χ1n) is 6.27. The van der Waals surface area contributed by atoms with Gasteiger partial charge >= 0.3 is 0 Å². The number of nitrogens with zero attached hydrogens (tertiary/aromatic N) is 1. The summed E-state index contributed by atoms with van der Waals surface area (Å²) in [5.41, 5.74) is 0. The van der Waals surface area contributed by atoms with Gasteiger partial charge in [-0.15, -0.1) is 0 Å². The monoisotopic (exact) mass is 289 g/mol. The van der Waals surface area contributed by atoms with E-state index in [0.717, 1.165) is 19.4 Å². The highest BCUT2D eigenvalue weighted by Crippen LogP contribution is 2.21. The van der Waals surface area contributed by atoms with Crippen molar-refractivity contribution in [3.63, 3.8) is 0 Å². The summed E-state index contributed by atoms with van der Waals surface area (Å²) in [4.78, 5) is 0. The van der Waals surface area contributed by atoms with E-state index in [9.17, 15) is 8.42 Å². The zero-order valence-corrected chi connectivity index (χ0v) is 11.7. The van der Waals surface area contributed by atoms with Crippen LogP contribution < -0.4 is 0 Å². The van der Waals surface area contributed by atoms with Gasteiger partial charge in [0.15, 0.2) is 0 Å². The van der Waals surface area contributed by atoms with Gasteiger partial charge in [0.25, 0.3) is 10.0 Å². The van der Waals surface area contributed by atoms with Gasteiger partial charge in [-0.05, 0) is 30.9 Å². The van der Waals surface area contributed by atoms with E-state index in [1.165, 1.54) is 23.5 Å². The van der Waals surface area contributed by atoms with E-state index < -0.39 is 10.0 Å². The zero-order valence-electron chi connectivity index (χ0n) is 10.9. The molecule has 6 nitrogen and oxygen atoms in total. The van der Waals surface area contributed by atoms with Crippen LogP contribution in [0, 0.1) is 5.92 Å². The first-order valence-corrected chi connectivity index (χ1v) is 7.71. The van der Waals surface area contributed by atoms with Gasteiger partial charge in [-0.1, -0.05) is 0 Å². The lowest BCUT2D eigenvalue weighted by atomic mass is 10.0. The molecule has 1 N–H and O–H groups in total. The predicted molar refractivity (Wildman–Crippen MR) is 68.0 cm³/mol. The molecular weight excluding hydrogens is 270 g/mol. The van der Waals surface area contributed by atoms with Gasteiger partial charge in [0, 0.05) is 20.2 Å². The molecule has 19 heavy (non-hydrogen) atoms. The van der Waals surface area contributed by atoms with Crippen LogP contribution in [0.4, 0.5) is 0 Å². The van der Waals surface area contributed by atoms with Gasteiger partial charge in [0.2, 0.25) is 5.09 Å². The van der Waals surface area contributed by atoms with Crippen LogP contribution in [0.15, 0.2) is 21.6 Å². The Morgan fingerprint density at radius 1 is 1.47 bits per heavy atom. The van der Waals surface area contributed by atoms with E-state index in [1.54, 1.807) is 0 Å². The average molecular weight is 289 g/mol. The molecule has 7 heteroatoms. The molecule has 0 saturated carbocycles. The molecule has 2 heterocycles. The fourth-order valence-electron chi connectivity index (χ4n) is 2.15. The van der Waals surface area contributed by atoms with Crippen LogP contribution in [0.1, 0.15) is 18.6 Å². The van der Waals surface area contributed by atoms with Crippen molar-refractivity contribution in [1.82, 2.24) is 4.31 Å². The van der Waals surface area contributed by atoms with Gasteiger partial charge in [0.05, 0.1) is 6.61 Å². The molecule has 0 aliphatic carbocycles. The molecule has 1 aliphatic rings. The second-order valence-corrected chi connectivity index (χ2v) is 6.72. The minimum absolute atomic E-state index is 0.129. The van der Waals surface area contributed by atoms with Crippen molar-refractivity contribution in [2.75, 3.05) is 26.8 Å². The van der Waals surface area contributed by atoms with Crippen molar-refractivity contribution < 1.29 is 22.7 Å². The van der Waals surface area contributed by atoms with Crippen LogP contribution in [-0.2, 0) is 21.4 Å². The molecule has 1 fully saturated rings. The molecule has 0 amide bonds. The zero-order chi connectivity index (χ0) is 13.9. The molecule has 0 aromatic carbocycles. The van der Waals surface area contributed by atoms with Crippen LogP contribution in [0.3, 0.4) is 0 Å². The van der Waals surface area contributed by atoms with Crippen LogP contribution in [0.25, 0.3) is 0 Å². The fourth-order valence-corrected chi connectivity index (χ4v) is 3.32. The third-order valence-electron chi connectivity index (χ3n) is 3.23. The van der Waals surface area contributed by atoms with Gasteiger partial charge < -0.3 is 14.3 Å². The molecule has 1 saturated heterocycles. The minimum atomic E-state index is -3.63. The van der Waals surface area contributed by atoms with Crippen molar-refractivity contribution in [2.45, 2.75) is 24.5 Å². The van der Waals surface area contributed by atoms with E-state index in [0.29, 0.717) is 13.2 Å². The number of aliphatic hydroxyl groups excluding tert-OH is 1. The first-order chi connectivity index (χ1) is 9.04. The second kappa shape index (κ2) is 6.04. The Balaban J connectivity index is 2.05. The molecule has 2 rings (SSSR count). The molecule has 0 radical (unpaired) electrons.